The summed E-state index contributed by atoms with van der Waals surface area (Å²) in [5, 5.41) is 11.9. The molecule has 2 amide bonds. The van der Waals surface area contributed by atoms with Crippen LogP contribution in [0.3, 0.4) is 0 Å². The van der Waals surface area contributed by atoms with Gasteiger partial charge in [-0.05, 0) is 25.5 Å². The Kier molecular flexibility index (Phi) is 4.65. The summed E-state index contributed by atoms with van der Waals surface area (Å²) in [7, 11) is 0. The fraction of sp³-hybridized carbons (Fsp3) is 0.167. The molecule has 1 atom stereocenters. The lowest BCUT2D eigenvalue weighted by Gasteiger charge is -2.18. The molecular formula is C18H18N4O3. The number of aryl methyl sites for hydroxylation is 2. The van der Waals surface area contributed by atoms with Crippen molar-refractivity contribution in [2.45, 2.75) is 19.9 Å². The Morgan fingerprint density at radius 3 is 2.52 bits per heavy atom. The van der Waals surface area contributed by atoms with Crippen LogP contribution in [0.5, 0.6) is 0 Å². The number of carbonyl (C=O) groups is 2. The Labute approximate surface area is 144 Å². The SMILES string of the molecule is Cc1cc(C(=O)NC(C(=O)Nc2ccn[nH]2)c2ccccc2)c(C)o1. The molecule has 3 N–H and O–H groups in total. The van der Waals surface area contributed by atoms with Crippen LogP contribution in [0.15, 0.2) is 53.1 Å². The number of aromatic nitrogens is 2. The summed E-state index contributed by atoms with van der Waals surface area (Å²) in [5.41, 5.74) is 1.08. The van der Waals surface area contributed by atoms with Crippen molar-refractivity contribution in [3.63, 3.8) is 0 Å². The summed E-state index contributed by atoms with van der Waals surface area (Å²) in [6.45, 7) is 3.48. The molecule has 0 aliphatic heterocycles. The first-order chi connectivity index (χ1) is 12.0. The molecule has 0 saturated heterocycles. The monoisotopic (exact) mass is 338 g/mol. The van der Waals surface area contributed by atoms with Crippen LogP contribution in [-0.2, 0) is 4.79 Å². The summed E-state index contributed by atoms with van der Waals surface area (Å²) in [4.78, 5) is 25.3. The Morgan fingerprint density at radius 2 is 1.92 bits per heavy atom. The molecule has 7 nitrogen and oxygen atoms in total. The number of anilines is 1. The van der Waals surface area contributed by atoms with Crippen molar-refractivity contribution in [3.8, 4) is 0 Å². The molecule has 1 aromatic carbocycles. The van der Waals surface area contributed by atoms with Crippen molar-refractivity contribution in [3.05, 3.63) is 71.3 Å². The van der Waals surface area contributed by atoms with Crippen molar-refractivity contribution in [2.24, 2.45) is 0 Å². The van der Waals surface area contributed by atoms with E-state index in [0.717, 1.165) is 0 Å². The van der Waals surface area contributed by atoms with Crippen LogP contribution in [0, 0.1) is 13.8 Å². The minimum atomic E-state index is -0.855. The normalized spacial score (nSPS) is 11.8. The number of amides is 2. The number of hydrogen-bond donors (Lipinski definition) is 3. The molecule has 0 aliphatic rings. The summed E-state index contributed by atoms with van der Waals surface area (Å²) in [6.07, 6.45) is 1.53. The molecule has 128 valence electrons. The number of nitrogens with zero attached hydrogens (tertiary/aromatic N) is 1. The third-order valence-electron chi connectivity index (χ3n) is 3.71. The topological polar surface area (TPSA) is 100 Å². The Morgan fingerprint density at radius 1 is 1.16 bits per heavy atom. The molecule has 0 fully saturated rings. The molecule has 0 saturated carbocycles. The van der Waals surface area contributed by atoms with Gasteiger partial charge in [-0.15, -0.1) is 0 Å². The maximum absolute atomic E-state index is 12.7. The van der Waals surface area contributed by atoms with E-state index in [-0.39, 0.29) is 11.8 Å². The maximum atomic E-state index is 12.7. The number of carbonyl (C=O) groups excluding carboxylic acids is 2. The van der Waals surface area contributed by atoms with Gasteiger partial charge in [-0.25, -0.2) is 0 Å². The van der Waals surface area contributed by atoms with Gasteiger partial charge in [0.05, 0.1) is 11.8 Å². The van der Waals surface area contributed by atoms with Crippen LogP contribution in [0.25, 0.3) is 0 Å². The second-order valence-corrected chi connectivity index (χ2v) is 5.60. The molecule has 1 unspecified atom stereocenters. The molecule has 2 heterocycles. The lowest BCUT2D eigenvalue weighted by atomic mass is 10.1. The summed E-state index contributed by atoms with van der Waals surface area (Å²) in [6, 6.07) is 11.5. The predicted octanol–water partition coefficient (Wildman–Crippen LogP) is 2.73. The van der Waals surface area contributed by atoms with Crippen LogP contribution in [0.1, 0.15) is 33.5 Å². The number of hydrogen-bond acceptors (Lipinski definition) is 4. The average Bonchev–Trinajstić information content (AvgIpc) is 3.22. The second-order valence-electron chi connectivity index (χ2n) is 5.60. The molecule has 0 spiro atoms. The number of furan rings is 1. The van der Waals surface area contributed by atoms with Gasteiger partial charge in [-0.2, -0.15) is 5.10 Å². The van der Waals surface area contributed by atoms with Gasteiger partial charge < -0.3 is 15.1 Å². The largest absolute Gasteiger partial charge is 0.466 e. The van der Waals surface area contributed by atoms with E-state index in [0.29, 0.717) is 28.5 Å². The van der Waals surface area contributed by atoms with Gasteiger partial charge in [0.2, 0.25) is 0 Å². The van der Waals surface area contributed by atoms with E-state index in [1.807, 2.05) is 18.2 Å². The first-order valence-electron chi connectivity index (χ1n) is 7.77. The Hall–Kier alpha value is -3.35. The van der Waals surface area contributed by atoms with Gasteiger partial charge in [-0.1, -0.05) is 30.3 Å². The minimum absolute atomic E-state index is 0.372. The Bertz CT molecular complexity index is 869. The van der Waals surface area contributed by atoms with Crippen molar-refractivity contribution in [1.29, 1.82) is 0 Å². The molecule has 0 aliphatic carbocycles. The zero-order chi connectivity index (χ0) is 17.8. The van der Waals surface area contributed by atoms with Crippen LogP contribution in [0.4, 0.5) is 5.82 Å². The average molecular weight is 338 g/mol. The fourth-order valence-electron chi connectivity index (χ4n) is 2.54. The summed E-state index contributed by atoms with van der Waals surface area (Å²) in [5.74, 6) is 0.858. The van der Waals surface area contributed by atoms with Crippen molar-refractivity contribution >= 4 is 17.6 Å². The lowest BCUT2D eigenvalue weighted by molar-refractivity contribution is -0.118. The van der Waals surface area contributed by atoms with Crippen LogP contribution in [-0.4, -0.2) is 22.0 Å². The lowest BCUT2D eigenvalue weighted by Crippen LogP contribution is -2.37. The van der Waals surface area contributed by atoms with Gasteiger partial charge >= 0.3 is 0 Å². The molecule has 0 radical (unpaired) electrons. The molecule has 3 aromatic rings. The highest BCUT2D eigenvalue weighted by atomic mass is 16.3. The zero-order valence-electron chi connectivity index (χ0n) is 13.9. The summed E-state index contributed by atoms with van der Waals surface area (Å²) >= 11 is 0. The van der Waals surface area contributed by atoms with Gasteiger partial charge in [0.15, 0.2) is 0 Å². The quantitative estimate of drug-likeness (QED) is 0.666. The van der Waals surface area contributed by atoms with Crippen LogP contribution >= 0.6 is 0 Å². The van der Waals surface area contributed by atoms with Gasteiger partial charge in [-0.3, -0.25) is 14.7 Å². The smallest absolute Gasteiger partial charge is 0.255 e. The molecule has 0 bridgehead atoms. The first kappa shape index (κ1) is 16.5. The predicted molar refractivity (Wildman–Crippen MR) is 92.0 cm³/mol. The molecule has 3 rings (SSSR count). The standard InChI is InChI=1S/C18H18N4O3/c1-11-10-14(12(2)25-11)17(23)21-16(13-6-4-3-5-7-13)18(24)20-15-8-9-19-22-15/h3-10,16H,1-2H3,(H,21,23)(H2,19,20,22,24). The van der Waals surface area contributed by atoms with Crippen LogP contribution in [0.2, 0.25) is 0 Å². The van der Waals surface area contributed by atoms with E-state index in [1.54, 1.807) is 38.1 Å². The molecule has 2 aromatic heterocycles. The van der Waals surface area contributed by atoms with Gasteiger partial charge in [0.1, 0.15) is 23.4 Å². The van der Waals surface area contributed by atoms with E-state index in [1.165, 1.54) is 6.20 Å². The van der Waals surface area contributed by atoms with E-state index in [2.05, 4.69) is 20.8 Å². The zero-order valence-corrected chi connectivity index (χ0v) is 13.9. The van der Waals surface area contributed by atoms with E-state index >= 15 is 0 Å². The third-order valence-corrected chi connectivity index (χ3v) is 3.71. The minimum Gasteiger partial charge on any atom is -0.466 e. The van der Waals surface area contributed by atoms with Crippen molar-refractivity contribution in [2.75, 3.05) is 5.32 Å². The molecular weight excluding hydrogens is 320 g/mol. The van der Waals surface area contributed by atoms with Crippen molar-refractivity contribution in [1.82, 2.24) is 15.5 Å². The summed E-state index contributed by atoms with van der Waals surface area (Å²) < 4.78 is 5.39. The van der Waals surface area contributed by atoms with Gasteiger partial charge in [0, 0.05) is 6.07 Å². The second kappa shape index (κ2) is 7.04. The number of H-pyrrole nitrogens is 1. The first-order valence-corrected chi connectivity index (χ1v) is 7.77. The van der Waals surface area contributed by atoms with Crippen LogP contribution < -0.4 is 10.6 Å². The van der Waals surface area contributed by atoms with E-state index in [9.17, 15) is 9.59 Å². The highest BCUT2D eigenvalue weighted by Crippen LogP contribution is 2.18. The number of benzene rings is 1. The third kappa shape index (κ3) is 3.77. The molecule has 7 heteroatoms. The maximum Gasteiger partial charge on any atom is 0.255 e. The van der Waals surface area contributed by atoms with Gasteiger partial charge in [0.25, 0.3) is 11.8 Å². The molecule has 25 heavy (non-hydrogen) atoms. The number of aromatic amines is 1. The number of nitrogens with one attached hydrogen (secondary N) is 3. The Balaban J connectivity index is 1.85. The highest BCUT2D eigenvalue weighted by molar-refractivity contribution is 6.01. The fourth-order valence-corrected chi connectivity index (χ4v) is 2.54. The van der Waals surface area contributed by atoms with Crippen molar-refractivity contribution < 1.29 is 14.0 Å². The van der Waals surface area contributed by atoms with E-state index in [4.69, 9.17) is 4.42 Å². The van der Waals surface area contributed by atoms with E-state index < -0.39 is 6.04 Å². The number of rotatable bonds is 5. The highest BCUT2D eigenvalue weighted by Gasteiger charge is 2.25.